The molecule has 2 aromatic rings. The number of rotatable bonds is 2. The van der Waals surface area contributed by atoms with E-state index >= 15 is 0 Å². The zero-order valence-corrected chi connectivity index (χ0v) is 11.3. The van der Waals surface area contributed by atoms with Gasteiger partial charge in [-0.15, -0.1) is 0 Å². The SMILES string of the molecule is Cc1cc(C)c(O)c(C=Nc2cc(C)ccc2O)c1. The van der Waals surface area contributed by atoms with Crippen molar-refractivity contribution in [1.29, 1.82) is 0 Å². The van der Waals surface area contributed by atoms with Crippen molar-refractivity contribution in [2.75, 3.05) is 0 Å². The molecule has 0 aliphatic carbocycles. The van der Waals surface area contributed by atoms with Crippen LogP contribution >= 0.6 is 0 Å². The van der Waals surface area contributed by atoms with Crippen LogP contribution in [0.5, 0.6) is 11.5 Å². The van der Waals surface area contributed by atoms with Gasteiger partial charge in [0.1, 0.15) is 17.2 Å². The van der Waals surface area contributed by atoms with Crippen molar-refractivity contribution in [1.82, 2.24) is 0 Å². The molecule has 3 heteroatoms. The quantitative estimate of drug-likeness (QED) is 0.802. The lowest BCUT2D eigenvalue weighted by atomic mass is 10.1. The fourth-order valence-electron chi connectivity index (χ4n) is 1.97. The predicted octanol–water partition coefficient (Wildman–Crippen LogP) is 3.77. The van der Waals surface area contributed by atoms with Gasteiger partial charge in [0.05, 0.1) is 0 Å². The zero-order chi connectivity index (χ0) is 14.0. The summed E-state index contributed by atoms with van der Waals surface area (Å²) in [5.74, 6) is 0.354. The topological polar surface area (TPSA) is 52.8 Å². The van der Waals surface area contributed by atoms with Crippen LogP contribution in [0, 0.1) is 20.8 Å². The molecule has 0 aliphatic rings. The third kappa shape index (κ3) is 2.94. The van der Waals surface area contributed by atoms with Gasteiger partial charge in [-0.2, -0.15) is 0 Å². The van der Waals surface area contributed by atoms with Crippen molar-refractivity contribution in [3.05, 3.63) is 52.6 Å². The van der Waals surface area contributed by atoms with Gasteiger partial charge in [-0.1, -0.05) is 12.1 Å². The summed E-state index contributed by atoms with van der Waals surface area (Å²) in [6.45, 7) is 5.75. The molecule has 2 aromatic carbocycles. The van der Waals surface area contributed by atoms with Gasteiger partial charge in [-0.3, -0.25) is 4.99 Å². The van der Waals surface area contributed by atoms with Crippen LogP contribution in [-0.4, -0.2) is 16.4 Å². The molecule has 98 valence electrons. The van der Waals surface area contributed by atoms with E-state index in [2.05, 4.69) is 4.99 Å². The molecule has 0 atom stereocenters. The van der Waals surface area contributed by atoms with Gasteiger partial charge in [0.2, 0.25) is 0 Å². The number of benzene rings is 2. The minimum Gasteiger partial charge on any atom is -0.507 e. The minimum atomic E-state index is 0.130. The maximum Gasteiger partial charge on any atom is 0.141 e. The summed E-state index contributed by atoms with van der Waals surface area (Å²) in [4.78, 5) is 4.24. The minimum absolute atomic E-state index is 0.130. The van der Waals surface area contributed by atoms with Crippen LogP contribution in [0.2, 0.25) is 0 Å². The first-order chi connectivity index (χ1) is 8.97. The molecule has 0 bridgehead atoms. The van der Waals surface area contributed by atoms with Gasteiger partial charge >= 0.3 is 0 Å². The highest BCUT2D eigenvalue weighted by Gasteiger charge is 2.04. The third-order valence-corrected chi connectivity index (χ3v) is 2.95. The Balaban J connectivity index is 2.40. The summed E-state index contributed by atoms with van der Waals surface area (Å²) < 4.78 is 0. The molecule has 0 saturated carbocycles. The molecule has 3 nitrogen and oxygen atoms in total. The Morgan fingerprint density at radius 3 is 2.42 bits per heavy atom. The molecule has 2 N–H and O–H groups in total. The van der Waals surface area contributed by atoms with E-state index in [1.165, 1.54) is 0 Å². The smallest absolute Gasteiger partial charge is 0.141 e. The Morgan fingerprint density at radius 1 is 0.947 bits per heavy atom. The van der Waals surface area contributed by atoms with E-state index in [-0.39, 0.29) is 11.5 Å². The van der Waals surface area contributed by atoms with Crippen LogP contribution in [0.1, 0.15) is 22.3 Å². The zero-order valence-electron chi connectivity index (χ0n) is 11.3. The highest BCUT2D eigenvalue weighted by atomic mass is 16.3. The molecule has 0 heterocycles. The first kappa shape index (κ1) is 13.1. The summed E-state index contributed by atoms with van der Waals surface area (Å²) in [6.07, 6.45) is 1.57. The first-order valence-corrected chi connectivity index (χ1v) is 6.11. The molecular formula is C16H17NO2. The molecule has 0 saturated heterocycles. The highest BCUT2D eigenvalue weighted by Crippen LogP contribution is 2.28. The lowest BCUT2D eigenvalue weighted by Gasteiger charge is -2.05. The van der Waals surface area contributed by atoms with Crippen molar-refractivity contribution in [2.24, 2.45) is 4.99 Å². The molecule has 2 rings (SSSR count). The fourth-order valence-corrected chi connectivity index (χ4v) is 1.97. The van der Waals surface area contributed by atoms with E-state index in [1.807, 2.05) is 39.0 Å². The normalized spacial score (nSPS) is 11.1. The average Bonchev–Trinajstić information content (AvgIpc) is 2.35. The molecule has 0 fully saturated rings. The van der Waals surface area contributed by atoms with Crippen LogP contribution < -0.4 is 0 Å². The van der Waals surface area contributed by atoms with Gasteiger partial charge < -0.3 is 10.2 Å². The number of aromatic hydroxyl groups is 2. The lowest BCUT2D eigenvalue weighted by molar-refractivity contribution is 0.470. The third-order valence-electron chi connectivity index (χ3n) is 2.95. The van der Waals surface area contributed by atoms with Gasteiger partial charge in [0, 0.05) is 11.8 Å². The van der Waals surface area contributed by atoms with E-state index in [1.54, 1.807) is 18.3 Å². The molecule has 0 unspecified atom stereocenters. The Bertz CT molecular complexity index is 645. The molecule has 0 spiro atoms. The van der Waals surface area contributed by atoms with Crippen LogP contribution in [0.25, 0.3) is 0 Å². The van der Waals surface area contributed by atoms with E-state index < -0.39 is 0 Å². The Morgan fingerprint density at radius 2 is 1.68 bits per heavy atom. The monoisotopic (exact) mass is 255 g/mol. The Kier molecular flexibility index (Phi) is 3.56. The van der Waals surface area contributed by atoms with Gasteiger partial charge in [-0.05, 0) is 55.7 Å². The summed E-state index contributed by atoms with van der Waals surface area (Å²) >= 11 is 0. The molecule has 0 aliphatic heterocycles. The van der Waals surface area contributed by atoms with E-state index in [0.717, 1.165) is 16.7 Å². The van der Waals surface area contributed by atoms with Gasteiger partial charge in [0.15, 0.2) is 0 Å². The second-order valence-electron chi connectivity index (χ2n) is 4.77. The largest absolute Gasteiger partial charge is 0.507 e. The van der Waals surface area contributed by atoms with Gasteiger partial charge in [-0.25, -0.2) is 0 Å². The van der Waals surface area contributed by atoms with Crippen LogP contribution in [0.4, 0.5) is 5.69 Å². The second-order valence-corrected chi connectivity index (χ2v) is 4.77. The number of aryl methyl sites for hydroxylation is 3. The van der Waals surface area contributed by atoms with Crippen LogP contribution in [0.15, 0.2) is 35.3 Å². The van der Waals surface area contributed by atoms with Crippen molar-refractivity contribution in [2.45, 2.75) is 20.8 Å². The molecule has 0 aromatic heterocycles. The Hall–Kier alpha value is -2.29. The van der Waals surface area contributed by atoms with Crippen molar-refractivity contribution in [3.63, 3.8) is 0 Å². The predicted molar refractivity (Wildman–Crippen MR) is 77.7 cm³/mol. The fraction of sp³-hybridized carbons (Fsp3) is 0.188. The van der Waals surface area contributed by atoms with Gasteiger partial charge in [0.25, 0.3) is 0 Å². The number of hydrogen-bond donors (Lipinski definition) is 2. The van der Waals surface area contributed by atoms with Crippen LogP contribution in [0.3, 0.4) is 0 Å². The first-order valence-electron chi connectivity index (χ1n) is 6.11. The molecule has 0 amide bonds. The number of hydrogen-bond acceptors (Lipinski definition) is 3. The molecule has 19 heavy (non-hydrogen) atoms. The van der Waals surface area contributed by atoms with Crippen LogP contribution in [-0.2, 0) is 0 Å². The van der Waals surface area contributed by atoms with E-state index in [9.17, 15) is 10.2 Å². The number of nitrogens with zero attached hydrogens (tertiary/aromatic N) is 1. The number of aliphatic imine (C=N–C) groups is 1. The number of phenols is 2. The lowest BCUT2D eigenvalue weighted by Crippen LogP contribution is -1.88. The number of phenolic OH excluding ortho intramolecular Hbond substituents is 2. The summed E-state index contributed by atoms with van der Waals surface area (Å²) in [5.41, 5.74) is 4.05. The summed E-state index contributed by atoms with van der Waals surface area (Å²) in [7, 11) is 0. The maximum absolute atomic E-state index is 9.97. The maximum atomic E-state index is 9.97. The van der Waals surface area contributed by atoms with E-state index in [4.69, 9.17) is 0 Å². The second kappa shape index (κ2) is 5.14. The standard InChI is InChI=1S/C16H17NO2/c1-10-4-5-15(18)14(8-10)17-9-13-7-11(2)6-12(3)16(13)19/h4-9,18-19H,1-3H3. The van der Waals surface area contributed by atoms with Crippen molar-refractivity contribution >= 4 is 11.9 Å². The highest BCUT2D eigenvalue weighted by molar-refractivity contribution is 5.86. The van der Waals surface area contributed by atoms with E-state index in [0.29, 0.717) is 11.3 Å². The Labute approximate surface area is 112 Å². The molecule has 0 radical (unpaired) electrons. The average molecular weight is 255 g/mol. The van der Waals surface area contributed by atoms with Crippen molar-refractivity contribution < 1.29 is 10.2 Å². The summed E-state index contributed by atoms with van der Waals surface area (Å²) in [5, 5.41) is 19.7. The molecular weight excluding hydrogens is 238 g/mol. The van der Waals surface area contributed by atoms with Crippen molar-refractivity contribution in [3.8, 4) is 11.5 Å². The summed E-state index contributed by atoms with van der Waals surface area (Å²) in [6, 6.07) is 9.01.